The fourth-order valence-electron chi connectivity index (χ4n) is 5.16. The van der Waals surface area contributed by atoms with E-state index in [-0.39, 0.29) is 38.5 Å². The van der Waals surface area contributed by atoms with E-state index in [2.05, 4.69) is 11.2 Å². The van der Waals surface area contributed by atoms with E-state index in [1.165, 1.54) is 12.0 Å². The third-order valence-corrected chi connectivity index (χ3v) is 6.79. The Balaban J connectivity index is 1.46. The third kappa shape index (κ3) is 4.47. The van der Waals surface area contributed by atoms with E-state index < -0.39 is 29.6 Å². The number of ether oxygens (including phenoxy) is 2. The van der Waals surface area contributed by atoms with Crippen molar-refractivity contribution in [2.24, 2.45) is 0 Å². The summed E-state index contributed by atoms with van der Waals surface area (Å²) in [5.74, 6) is 0.554. The fraction of sp³-hybridized carbons (Fsp3) is 0.370. The van der Waals surface area contributed by atoms with Crippen LogP contribution in [0, 0.1) is 12.3 Å². The van der Waals surface area contributed by atoms with Gasteiger partial charge in [0, 0.05) is 26.0 Å². The van der Waals surface area contributed by atoms with Crippen molar-refractivity contribution in [3.05, 3.63) is 59.7 Å². The molecule has 2 aliphatic rings. The maximum Gasteiger partial charge on any atom is 0.407 e. The molecule has 2 aromatic rings. The minimum Gasteiger partial charge on any atom is -0.479 e. The van der Waals surface area contributed by atoms with Crippen molar-refractivity contribution in [1.29, 1.82) is 0 Å². The summed E-state index contributed by atoms with van der Waals surface area (Å²) in [6, 6.07) is 14.8. The summed E-state index contributed by atoms with van der Waals surface area (Å²) in [5.41, 5.74) is 2.87. The zero-order valence-corrected chi connectivity index (χ0v) is 19.5. The second kappa shape index (κ2) is 10.2. The zero-order chi connectivity index (χ0) is 25.0. The van der Waals surface area contributed by atoms with E-state index >= 15 is 0 Å². The number of alkyl carbamates (subject to hydrolysis) is 1. The van der Waals surface area contributed by atoms with Crippen LogP contribution in [-0.4, -0.2) is 66.4 Å². The smallest absolute Gasteiger partial charge is 0.407 e. The number of benzene rings is 2. The highest BCUT2D eigenvalue weighted by Gasteiger charge is 2.51. The number of amides is 2. The molecule has 2 amide bonds. The SMILES string of the molecule is C#CCC(NC(=O)OCC1c2ccccc2-c2ccccc21)C(=O)N1CCCC1(COC)C(=O)O. The van der Waals surface area contributed by atoms with E-state index in [1.807, 2.05) is 48.5 Å². The predicted molar refractivity (Wildman–Crippen MR) is 129 cm³/mol. The molecule has 8 heteroatoms. The molecule has 0 aromatic heterocycles. The van der Waals surface area contributed by atoms with E-state index in [1.54, 1.807) is 0 Å². The maximum absolute atomic E-state index is 13.3. The molecular weight excluding hydrogens is 448 g/mol. The molecule has 2 N–H and O–H groups in total. The Kier molecular flexibility index (Phi) is 7.08. The first-order chi connectivity index (χ1) is 16.9. The monoisotopic (exact) mass is 476 g/mol. The third-order valence-electron chi connectivity index (χ3n) is 6.79. The number of fused-ring (bicyclic) bond motifs is 3. The maximum atomic E-state index is 13.3. The molecule has 1 fully saturated rings. The van der Waals surface area contributed by atoms with Crippen molar-refractivity contribution in [1.82, 2.24) is 10.2 Å². The number of carbonyl (C=O) groups excluding carboxylic acids is 2. The van der Waals surface area contributed by atoms with E-state index in [4.69, 9.17) is 15.9 Å². The number of nitrogens with zero attached hydrogens (tertiary/aromatic N) is 1. The van der Waals surface area contributed by atoms with Crippen LogP contribution in [0.3, 0.4) is 0 Å². The summed E-state index contributed by atoms with van der Waals surface area (Å²) < 4.78 is 10.7. The van der Waals surface area contributed by atoms with Gasteiger partial charge in [-0.05, 0) is 35.1 Å². The number of aliphatic carboxylic acids is 1. The molecular formula is C27H28N2O6. The lowest BCUT2D eigenvalue weighted by Crippen LogP contribution is -2.60. The molecule has 1 saturated heterocycles. The van der Waals surface area contributed by atoms with Crippen LogP contribution in [0.5, 0.6) is 0 Å². The summed E-state index contributed by atoms with van der Waals surface area (Å²) in [5, 5.41) is 12.4. The van der Waals surface area contributed by atoms with Gasteiger partial charge in [-0.15, -0.1) is 12.3 Å². The van der Waals surface area contributed by atoms with Crippen LogP contribution < -0.4 is 5.32 Å². The predicted octanol–water partition coefficient (Wildman–Crippen LogP) is 3.01. The highest BCUT2D eigenvalue weighted by Crippen LogP contribution is 2.44. The second-order valence-electron chi connectivity index (χ2n) is 8.79. The number of rotatable bonds is 8. The van der Waals surface area contributed by atoms with Crippen molar-refractivity contribution in [2.75, 3.05) is 26.9 Å². The van der Waals surface area contributed by atoms with Crippen molar-refractivity contribution in [3.63, 3.8) is 0 Å². The molecule has 4 rings (SSSR count). The molecule has 8 nitrogen and oxygen atoms in total. The van der Waals surface area contributed by atoms with Crippen LogP contribution in [0.1, 0.15) is 36.3 Å². The Labute approximate surface area is 204 Å². The molecule has 2 unspecified atom stereocenters. The molecule has 2 atom stereocenters. The number of nitrogens with one attached hydrogen (secondary N) is 1. The first-order valence-electron chi connectivity index (χ1n) is 11.5. The van der Waals surface area contributed by atoms with Crippen molar-refractivity contribution in [2.45, 2.75) is 36.8 Å². The van der Waals surface area contributed by atoms with Crippen molar-refractivity contribution >= 4 is 18.0 Å². The van der Waals surface area contributed by atoms with Crippen LogP contribution in [0.15, 0.2) is 48.5 Å². The summed E-state index contributed by atoms with van der Waals surface area (Å²) in [7, 11) is 1.39. The standard InChI is InChI=1S/C27H28N2O6/c1-3-9-23(24(30)29-15-8-14-27(29,17-34-2)25(31)32)28-26(33)35-16-22-20-12-6-4-10-18(20)19-11-5-7-13-21(19)22/h1,4-7,10-13,22-23H,8-9,14-17H2,2H3,(H,28,33)(H,31,32). The Morgan fingerprint density at radius 2 is 1.80 bits per heavy atom. The first-order valence-corrected chi connectivity index (χ1v) is 11.5. The number of hydrogen-bond donors (Lipinski definition) is 2. The van der Waals surface area contributed by atoms with Crippen LogP contribution in [0.4, 0.5) is 4.79 Å². The van der Waals surface area contributed by atoms with E-state index in [0.717, 1.165) is 22.3 Å². The number of carbonyl (C=O) groups is 3. The lowest BCUT2D eigenvalue weighted by molar-refractivity contribution is -0.160. The average Bonchev–Trinajstić information content (AvgIpc) is 3.42. The largest absolute Gasteiger partial charge is 0.479 e. The molecule has 182 valence electrons. The Bertz CT molecular complexity index is 1130. The molecule has 0 bridgehead atoms. The van der Waals surface area contributed by atoms with Gasteiger partial charge >= 0.3 is 12.1 Å². The molecule has 1 heterocycles. The van der Waals surface area contributed by atoms with Gasteiger partial charge in [0.15, 0.2) is 5.54 Å². The number of terminal acetylenes is 1. The number of likely N-dealkylation sites (tertiary alicyclic amines) is 1. The number of methoxy groups -OCH3 is 1. The second-order valence-corrected chi connectivity index (χ2v) is 8.79. The molecule has 35 heavy (non-hydrogen) atoms. The topological polar surface area (TPSA) is 105 Å². The highest BCUT2D eigenvalue weighted by atomic mass is 16.5. The Morgan fingerprint density at radius 3 is 2.37 bits per heavy atom. The minimum absolute atomic E-state index is 0.0866. The molecule has 0 saturated carbocycles. The first kappa shape index (κ1) is 24.3. The van der Waals surface area contributed by atoms with Crippen LogP contribution in [0.25, 0.3) is 11.1 Å². The Morgan fingerprint density at radius 1 is 1.17 bits per heavy atom. The number of hydrogen-bond acceptors (Lipinski definition) is 5. The summed E-state index contributed by atoms with van der Waals surface area (Å²) in [6.45, 7) is 0.174. The zero-order valence-electron chi connectivity index (χ0n) is 19.5. The summed E-state index contributed by atoms with van der Waals surface area (Å²) >= 11 is 0. The lowest BCUT2D eigenvalue weighted by atomic mass is 9.96. The average molecular weight is 477 g/mol. The van der Waals surface area contributed by atoms with Gasteiger partial charge < -0.3 is 24.8 Å². The van der Waals surface area contributed by atoms with Crippen molar-refractivity contribution < 1.29 is 29.0 Å². The minimum atomic E-state index is -1.48. The summed E-state index contributed by atoms with van der Waals surface area (Å²) in [4.78, 5) is 39.3. The van der Waals surface area contributed by atoms with Gasteiger partial charge in [0.2, 0.25) is 5.91 Å². The van der Waals surface area contributed by atoms with Crippen molar-refractivity contribution in [3.8, 4) is 23.5 Å². The molecule has 1 aliphatic heterocycles. The van der Waals surface area contributed by atoms with E-state index in [9.17, 15) is 19.5 Å². The van der Waals surface area contributed by atoms with E-state index in [0.29, 0.717) is 6.42 Å². The number of carboxylic acid groups (broad SMARTS) is 1. The van der Waals surface area contributed by atoms with Crippen LogP contribution >= 0.6 is 0 Å². The normalized spacial score (nSPS) is 19.4. The van der Waals surface area contributed by atoms with Gasteiger partial charge in [-0.2, -0.15) is 0 Å². The van der Waals surface area contributed by atoms with Gasteiger partial charge in [-0.25, -0.2) is 9.59 Å². The van der Waals surface area contributed by atoms with Crippen LogP contribution in [0.2, 0.25) is 0 Å². The van der Waals surface area contributed by atoms with Gasteiger partial charge in [0.25, 0.3) is 0 Å². The quantitative estimate of drug-likeness (QED) is 0.568. The molecule has 0 spiro atoms. The van der Waals surface area contributed by atoms with Gasteiger partial charge in [-0.3, -0.25) is 4.79 Å². The molecule has 2 aromatic carbocycles. The molecule has 1 aliphatic carbocycles. The Hall–Kier alpha value is -3.83. The lowest BCUT2D eigenvalue weighted by Gasteiger charge is -2.36. The van der Waals surface area contributed by atoms with Gasteiger partial charge in [-0.1, -0.05) is 48.5 Å². The van der Waals surface area contributed by atoms with Gasteiger partial charge in [0.1, 0.15) is 12.6 Å². The molecule has 0 radical (unpaired) electrons. The van der Waals surface area contributed by atoms with Gasteiger partial charge in [0.05, 0.1) is 6.61 Å². The summed E-state index contributed by atoms with van der Waals surface area (Å²) in [6.07, 6.45) is 5.34. The van der Waals surface area contributed by atoms with Crippen LogP contribution in [-0.2, 0) is 19.1 Å². The fourth-order valence-corrected chi connectivity index (χ4v) is 5.16. The highest BCUT2D eigenvalue weighted by molar-refractivity contribution is 5.92. The number of carboxylic acids is 1.